The smallest absolute Gasteiger partial charge is 0.355 e. The van der Waals surface area contributed by atoms with Crippen LogP contribution in [0.2, 0.25) is 0 Å². The van der Waals surface area contributed by atoms with E-state index in [-0.39, 0.29) is 0 Å². The van der Waals surface area contributed by atoms with Crippen LogP contribution < -0.4 is 4.74 Å². The predicted molar refractivity (Wildman–Crippen MR) is 42.7 cm³/mol. The average molecular weight is 221 g/mol. The molecule has 1 aromatic rings. The molecule has 0 aromatic carbocycles. The second kappa shape index (κ2) is 4.16. The fraction of sp³-hybridized carbons (Fsp3) is 0.250. The summed E-state index contributed by atoms with van der Waals surface area (Å²) in [6, 6.07) is 0.605. The molecule has 0 atom stereocenters. The van der Waals surface area contributed by atoms with Crippen molar-refractivity contribution in [3.63, 3.8) is 0 Å². The molecule has 1 N–H and O–H groups in total. The molecular formula is C8H6F3NO3. The van der Waals surface area contributed by atoms with Crippen LogP contribution in [0.5, 0.6) is 5.75 Å². The Hall–Kier alpha value is -1.79. The van der Waals surface area contributed by atoms with Crippen LogP contribution in [0.15, 0.2) is 6.07 Å². The first-order valence-corrected chi connectivity index (χ1v) is 3.73. The van der Waals surface area contributed by atoms with E-state index in [0.717, 1.165) is 7.11 Å². The van der Waals surface area contributed by atoms with E-state index in [1.165, 1.54) is 0 Å². The Balaban J connectivity index is 3.47. The lowest BCUT2D eigenvalue weighted by molar-refractivity contribution is 0.0673. The average Bonchev–Trinajstić information content (AvgIpc) is 2.15. The molecule has 7 heteroatoms. The maximum Gasteiger partial charge on any atom is 0.355 e. The van der Waals surface area contributed by atoms with Gasteiger partial charge in [-0.05, 0) is 0 Å². The molecule has 0 spiro atoms. The number of methoxy groups -OCH3 is 1. The molecule has 0 bridgehead atoms. The lowest BCUT2D eigenvalue weighted by atomic mass is 10.2. The molecule has 1 rings (SSSR count). The van der Waals surface area contributed by atoms with E-state index in [1.54, 1.807) is 0 Å². The Morgan fingerprint density at radius 2 is 2.20 bits per heavy atom. The quantitative estimate of drug-likeness (QED) is 0.791. The number of rotatable bonds is 3. The van der Waals surface area contributed by atoms with Crippen molar-refractivity contribution in [1.29, 1.82) is 0 Å². The normalized spacial score (nSPS) is 10.5. The first-order valence-electron chi connectivity index (χ1n) is 3.73. The van der Waals surface area contributed by atoms with Gasteiger partial charge in [0, 0.05) is 6.07 Å². The zero-order valence-corrected chi connectivity index (χ0v) is 7.50. The van der Waals surface area contributed by atoms with E-state index in [2.05, 4.69) is 9.72 Å². The molecule has 1 aromatic heterocycles. The van der Waals surface area contributed by atoms with Crippen LogP contribution in [-0.2, 0) is 0 Å². The number of aromatic nitrogens is 1. The van der Waals surface area contributed by atoms with Crippen molar-refractivity contribution in [3.05, 3.63) is 23.3 Å². The summed E-state index contributed by atoms with van der Waals surface area (Å²) in [4.78, 5) is 13.4. The molecule has 82 valence electrons. The topological polar surface area (TPSA) is 59.4 Å². The molecule has 0 radical (unpaired) electrons. The van der Waals surface area contributed by atoms with Crippen LogP contribution in [0.3, 0.4) is 0 Å². The van der Waals surface area contributed by atoms with Gasteiger partial charge in [-0.15, -0.1) is 0 Å². The van der Waals surface area contributed by atoms with E-state index in [9.17, 15) is 18.0 Å². The van der Waals surface area contributed by atoms with E-state index in [4.69, 9.17) is 5.11 Å². The summed E-state index contributed by atoms with van der Waals surface area (Å²) in [5.41, 5.74) is -1.96. The van der Waals surface area contributed by atoms with Crippen LogP contribution in [0.4, 0.5) is 13.2 Å². The van der Waals surface area contributed by atoms with Crippen LogP contribution in [0, 0.1) is 5.95 Å². The highest BCUT2D eigenvalue weighted by molar-refractivity contribution is 5.88. The SMILES string of the molecule is COc1cc(F)nc(C(=O)O)c1C(F)F. The van der Waals surface area contributed by atoms with Crippen molar-refractivity contribution < 1.29 is 27.8 Å². The first-order chi connectivity index (χ1) is 6.97. The van der Waals surface area contributed by atoms with Crippen molar-refractivity contribution >= 4 is 5.97 Å². The van der Waals surface area contributed by atoms with Crippen LogP contribution in [0.25, 0.3) is 0 Å². The van der Waals surface area contributed by atoms with Gasteiger partial charge in [0.25, 0.3) is 6.43 Å². The second-order valence-corrected chi connectivity index (χ2v) is 2.52. The highest BCUT2D eigenvalue weighted by Gasteiger charge is 2.25. The number of carboxylic acid groups (broad SMARTS) is 1. The number of halogens is 3. The molecule has 15 heavy (non-hydrogen) atoms. The van der Waals surface area contributed by atoms with Gasteiger partial charge in [-0.25, -0.2) is 18.6 Å². The molecule has 4 nitrogen and oxygen atoms in total. The fourth-order valence-electron chi connectivity index (χ4n) is 1.04. The molecule has 0 aliphatic rings. The molecule has 0 aliphatic heterocycles. The lowest BCUT2D eigenvalue weighted by Gasteiger charge is -2.09. The van der Waals surface area contributed by atoms with Gasteiger partial charge in [-0.3, -0.25) is 0 Å². The van der Waals surface area contributed by atoms with Gasteiger partial charge < -0.3 is 9.84 Å². The third kappa shape index (κ3) is 2.17. The van der Waals surface area contributed by atoms with Gasteiger partial charge in [-0.2, -0.15) is 4.39 Å². The number of alkyl halides is 2. The number of carbonyl (C=O) groups is 1. The Kier molecular flexibility index (Phi) is 3.13. The van der Waals surface area contributed by atoms with E-state index in [1.807, 2.05) is 0 Å². The van der Waals surface area contributed by atoms with Crippen molar-refractivity contribution in [2.45, 2.75) is 6.43 Å². The highest BCUT2D eigenvalue weighted by Crippen LogP contribution is 2.31. The Bertz CT molecular complexity index is 395. The third-order valence-corrected chi connectivity index (χ3v) is 1.63. The summed E-state index contributed by atoms with van der Waals surface area (Å²) < 4.78 is 42.1. The molecular weight excluding hydrogens is 215 g/mol. The molecule has 0 aliphatic carbocycles. The number of ether oxygens (including phenoxy) is 1. The number of hydrogen-bond acceptors (Lipinski definition) is 3. The molecule has 0 saturated carbocycles. The zero-order chi connectivity index (χ0) is 11.6. The summed E-state index contributed by atoms with van der Waals surface area (Å²) >= 11 is 0. The minimum Gasteiger partial charge on any atom is -0.496 e. The number of hydrogen-bond donors (Lipinski definition) is 1. The highest BCUT2D eigenvalue weighted by atomic mass is 19.3. The summed E-state index contributed by atoms with van der Waals surface area (Å²) in [7, 11) is 1.03. The molecule has 0 saturated heterocycles. The monoisotopic (exact) mass is 221 g/mol. The summed E-state index contributed by atoms with van der Waals surface area (Å²) in [5.74, 6) is -3.45. The number of pyridine rings is 1. The fourth-order valence-corrected chi connectivity index (χ4v) is 1.04. The molecule has 0 unspecified atom stereocenters. The summed E-state index contributed by atoms with van der Waals surface area (Å²) in [6.45, 7) is 0. The van der Waals surface area contributed by atoms with Crippen molar-refractivity contribution in [2.24, 2.45) is 0 Å². The zero-order valence-electron chi connectivity index (χ0n) is 7.50. The lowest BCUT2D eigenvalue weighted by Crippen LogP contribution is -2.09. The Morgan fingerprint density at radius 1 is 1.60 bits per heavy atom. The van der Waals surface area contributed by atoms with E-state index >= 15 is 0 Å². The first kappa shape index (κ1) is 11.3. The van der Waals surface area contributed by atoms with Gasteiger partial charge in [-0.1, -0.05) is 0 Å². The van der Waals surface area contributed by atoms with Gasteiger partial charge in [0.2, 0.25) is 5.95 Å². The Morgan fingerprint density at radius 3 is 2.60 bits per heavy atom. The summed E-state index contributed by atoms with van der Waals surface area (Å²) in [6.07, 6.45) is -3.10. The van der Waals surface area contributed by atoms with Crippen LogP contribution in [0.1, 0.15) is 22.5 Å². The minimum absolute atomic E-state index is 0.532. The maximum absolute atomic E-state index is 12.7. The van der Waals surface area contributed by atoms with Gasteiger partial charge in [0.1, 0.15) is 5.75 Å². The maximum atomic E-state index is 12.7. The van der Waals surface area contributed by atoms with E-state index in [0.29, 0.717) is 6.07 Å². The van der Waals surface area contributed by atoms with Crippen LogP contribution >= 0.6 is 0 Å². The standard InChI is InChI=1S/C8H6F3NO3/c1-15-3-2-4(9)12-6(8(13)14)5(3)7(10)11/h2,7H,1H3,(H,13,14). The molecule has 1 heterocycles. The van der Waals surface area contributed by atoms with Crippen molar-refractivity contribution in [3.8, 4) is 5.75 Å². The van der Waals surface area contributed by atoms with Crippen LogP contribution in [-0.4, -0.2) is 23.2 Å². The van der Waals surface area contributed by atoms with E-state index < -0.39 is 35.3 Å². The van der Waals surface area contributed by atoms with Gasteiger partial charge in [0.05, 0.1) is 12.7 Å². The van der Waals surface area contributed by atoms with Crippen molar-refractivity contribution in [2.75, 3.05) is 7.11 Å². The molecule has 0 amide bonds. The Labute approximate surface area is 82.3 Å². The number of carboxylic acids is 1. The van der Waals surface area contributed by atoms with Gasteiger partial charge in [0.15, 0.2) is 5.69 Å². The molecule has 0 fully saturated rings. The largest absolute Gasteiger partial charge is 0.496 e. The summed E-state index contributed by atoms with van der Waals surface area (Å²) in [5, 5.41) is 8.54. The van der Waals surface area contributed by atoms with Gasteiger partial charge >= 0.3 is 5.97 Å². The number of nitrogens with zero attached hydrogens (tertiary/aromatic N) is 1. The number of aromatic carboxylic acids is 1. The van der Waals surface area contributed by atoms with Crippen molar-refractivity contribution in [1.82, 2.24) is 4.98 Å². The predicted octanol–water partition coefficient (Wildman–Crippen LogP) is 1.87. The third-order valence-electron chi connectivity index (χ3n) is 1.63. The minimum atomic E-state index is -3.10. The second-order valence-electron chi connectivity index (χ2n) is 2.52.